The van der Waals surface area contributed by atoms with Gasteiger partial charge in [-0.1, -0.05) is 79.1 Å². The van der Waals surface area contributed by atoms with E-state index in [2.05, 4.69) is 43.6 Å². The summed E-state index contributed by atoms with van der Waals surface area (Å²) in [6, 6.07) is -0.718. The SMILES string of the molecule is CCCCCCCCCC(=O)N[C@@H](CNC(=O)CCCCC)C(=O)NCCC(C)C. The van der Waals surface area contributed by atoms with Gasteiger partial charge in [-0.15, -0.1) is 0 Å². The van der Waals surface area contributed by atoms with Crippen molar-refractivity contribution in [3.05, 3.63) is 0 Å². The molecular formula is C24H47N3O3. The zero-order valence-electron chi connectivity index (χ0n) is 20.0. The molecule has 0 aliphatic rings. The first-order valence-electron chi connectivity index (χ1n) is 12.2. The number of nitrogens with one attached hydrogen (secondary N) is 3. The van der Waals surface area contributed by atoms with E-state index in [0.717, 1.165) is 44.9 Å². The van der Waals surface area contributed by atoms with Crippen LogP contribution in [0.5, 0.6) is 0 Å². The molecule has 3 amide bonds. The molecule has 0 spiro atoms. The summed E-state index contributed by atoms with van der Waals surface area (Å²) in [6.45, 7) is 9.21. The lowest BCUT2D eigenvalue weighted by molar-refractivity contribution is -0.129. The van der Waals surface area contributed by atoms with Gasteiger partial charge in [-0.05, 0) is 25.2 Å². The van der Waals surface area contributed by atoms with Crippen molar-refractivity contribution < 1.29 is 14.4 Å². The Bertz CT molecular complexity index is 467. The van der Waals surface area contributed by atoms with Gasteiger partial charge in [0.2, 0.25) is 17.7 Å². The van der Waals surface area contributed by atoms with Crippen LogP contribution in [-0.4, -0.2) is 36.9 Å². The Labute approximate surface area is 184 Å². The largest absolute Gasteiger partial charge is 0.354 e. The third-order valence-electron chi connectivity index (χ3n) is 5.19. The molecule has 176 valence electrons. The van der Waals surface area contributed by atoms with E-state index in [1.807, 2.05) is 0 Å². The predicted octanol–water partition coefficient (Wildman–Crippen LogP) is 4.47. The molecule has 0 aromatic rings. The normalized spacial score (nSPS) is 11.9. The maximum Gasteiger partial charge on any atom is 0.244 e. The van der Waals surface area contributed by atoms with Gasteiger partial charge in [0.1, 0.15) is 6.04 Å². The number of carbonyl (C=O) groups excluding carboxylic acids is 3. The summed E-state index contributed by atoms with van der Waals surface area (Å²) in [5.74, 6) is 0.0870. The van der Waals surface area contributed by atoms with Crippen molar-refractivity contribution in [1.82, 2.24) is 16.0 Å². The quantitative estimate of drug-likeness (QED) is 0.267. The van der Waals surface area contributed by atoms with Crippen molar-refractivity contribution in [1.29, 1.82) is 0 Å². The van der Waals surface area contributed by atoms with Crippen LogP contribution in [0, 0.1) is 5.92 Å². The van der Waals surface area contributed by atoms with Gasteiger partial charge in [0, 0.05) is 25.9 Å². The molecular weight excluding hydrogens is 378 g/mol. The second-order valence-electron chi connectivity index (χ2n) is 8.73. The number of hydrogen-bond acceptors (Lipinski definition) is 3. The molecule has 30 heavy (non-hydrogen) atoms. The van der Waals surface area contributed by atoms with Gasteiger partial charge in [-0.2, -0.15) is 0 Å². The maximum atomic E-state index is 12.5. The lowest BCUT2D eigenvalue weighted by Gasteiger charge is -2.19. The molecule has 0 aliphatic heterocycles. The summed E-state index contributed by atoms with van der Waals surface area (Å²) in [6.07, 6.45) is 12.7. The van der Waals surface area contributed by atoms with E-state index in [1.54, 1.807) is 0 Å². The lowest BCUT2D eigenvalue weighted by atomic mass is 10.1. The smallest absolute Gasteiger partial charge is 0.244 e. The summed E-state index contributed by atoms with van der Waals surface area (Å²) in [5.41, 5.74) is 0. The van der Waals surface area contributed by atoms with Crippen LogP contribution < -0.4 is 16.0 Å². The van der Waals surface area contributed by atoms with Crippen LogP contribution in [0.1, 0.15) is 111 Å². The van der Waals surface area contributed by atoms with Gasteiger partial charge in [0.15, 0.2) is 0 Å². The van der Waals surface area contributed by atoms with Gasteiger partial charge < -0.3 is 16.0 Å². The highest BCUT2D eigenvalue weighted by Crippen LogP contribution is 2.08. The standard InChI is InChI=1S/C24H47N3O3/c1-5-7-9-10-11-12-14-16-23(29)27-21(24(30)25-18-17-20(3)4)19-26-22(28)15-13-8-6-2/h20-21H,5-19H2,1-4H3,(H,25,30)(H,26,28)(H,27,29)/t21-/m0/s1. The van der Waals surface area contributed by atoms with Crippen LogP contribution in [0.15, 0.2) is 0 Å². The second-order valence-corrected chi connectivity index (χ2v) is 8.73. The molecule has 6 nitrogen and oxygen atoms in total. The van der Waals surface area contributed by atoms with Crippen molar-refractivity contribution in [2.75, 3.05) is 13.1 Å². The number of rotatable bonds is 19. The molecule has 0 aromatic carbocycles. The van der Waals surface area contributed by atoms with Crippen LogP contribution in [0.2, 0.25) is 0 Å². The first kappa shape index (κ1) is 28.4. The zero-order valence-corrected chi connectivity index (χ0v) is 20.0. The molecule has 0 saturated heterocycles. The molecule has 0 saturated carbocycles. The summed E-state index contributed by atoms with van der Waals surface area (Å²) in [4.78, 5) is 36.9. The summed E-state index contributed by atoms with van der Waals surface area (Å²) in [5, 5.41) is 8.52. The van der Waals surface area contributed by atoms with Crippen LogP contribution in [0.3, 0.4) is 0 Å². The summed E-state index contributed by atoms with van der Waals surface area (Å²) in [7, 11) is 0. The molecule has 0 unspecified atom stereocenters. The Morgan fingerprint density at radius 1 is 0.700 bits per heavy atom. The van der Waals surface area contributed by atoms with E-state index >= 15 is 0 Å². The minimum absolute atomic E-state index is 0.0650. The highest BCUT2D eigenvalue weighted by Gasteiger charge is 2.21. The molecule has 6 heteroatoms. The number of hydrogen-bond donors (Lipinski definition) is 3. The Balaban J connectivity index is 4.39. The fourth-order valence-corrected chi connectivity index (χ4v) is 3.17. The average molecular weight is 426 g/mol. The van der Waals surface area contributed by atoms with Crippen molar-refractivity contribution in [3.63, 3.8) is 0 Å². The summed E-state index contributed by atoms with van der Waals surface area (Å²) < 4.78 is 0. The third-order valence-corrected chi connectivity index (χ3v) is 5.19. The van der Waals surface area contributed by atoms with Crippen LogP contribution in [-0.2, 0) is 14.4 Å². The topological polar surface area (TPSA) is 87.3 Å². The molecule has 0 aromatic heterocycles. The van der Waals surface area contributed by atoms with E-state index in [1.165, 1.54) is 25.7 Å². The van der Waals surface area contributed by atoms with Crippen LogP contribution in [0.4, 0.5) is 0 Å². The maximum absolute atomic E-state index is 12.5. The molecule has 1 atom stereocenters. The molecule has 0 fully saturated rings. The predicted molar refractivity (Wildman–Crippen MR) is 124 cm³/mol. The third kappa shape index (κ3) is 17.3. The van der Waals surface area contributed by atoms with E-state index in [4.69, 9.17) is 0 Å². The van der Waals surface area contributed by atoms with Crippen molar-refractivity contribution in [2.45, 2.75) is 117 Å². The lowest BCUT2D eigenvalue weighted by Crippen LogP contribution is -2.52. The molecule has 0 heterocycles. The van der Waals surface area contributed by atoms with Gasteiger partial charge in [0.25, 0.3) is 0 Å². The molecule has 0 aliphatic carbocycles. The Hall–Kier alpha value is -1.59. The minimum Gasteiger partial charge on any atom is -0.354 e. The Morgan fingerprint density at radius 3 is 1.87 bits per heavy atom. The van der Waals surface area contributed by atoms with Crippen LogP contribution in [0.25, 0.3) is 0 Å². The van der Waals surface area contributed by atoms with Crippen molar-refractivity contribution in [3.8, 4) is 0 Å². The van der Waals surface area contributed by atoms with Crippen molar-refractivity contribution >= 4 is 17.7 Å². The number of unbranched alkanes of at least 4 members (excludes halogenated alkanes) is 8. The molecule has 0 bridgehead atoms. The van der Waals surface area contributed by atoms with E-state index in [9.17, 15) is 14.4 Å². The first-order chi connectivity index (χ1) is 14.4. The number of carbonyl (C=O) groups is 3. The Morgan fingerprint density at radius 2 is 1.23 bits per heavy atom. The number of amides is 3. The van der Waals surface area contributed by atoms with E-state index in [0.29, 0.717) is 25.3 Å². The highest BCUT2D eigenvalue weighted by molar-refractivity contribution is 5.88. The van der Waals surface area contributed by atoms with Gasteiger partial charge >= 0.3 is 0 Å². The van der Waals surface area contributed by atoms with Gasteiger partial charge in [0.05, 0.1) is 0 Å². The monoisotopic (exact) mass is 425 g/mol. The van der Waals surface area contributed by atoms with E-state index < -0.39 is 6.04 Å². The van der Waals surface area contributed by atoms with Gasteiger partial charge in [-0.3, -0.25) is 14.4 Å². The molecule has 0 radical (unpaired) electrons. The fourth-order valence-electron chi connectivity index (χ4n) is 3.17. The fraction of sp³-hybridized carbons (Fsp3) is 0.875. The van der Waals surface area contributed by atoms with Crippen LogP contribution >= 0.6 is 0 Å². The molecule has 0 rings (SSSR count). The molecule has 3 N–H and O–H groups in total. The van der Waals surface area contributed by atoms with E-state index in [-0.39, 0.29) is 24.3 Å². The van der Waals surface area contributed by atoms with Crippen molar-refractivity contribution in [2.24, 2.45) is 5.92 Å². The zero-order chi connectivity index (χ0) is 22.6. The summed E-state index contributed by atoms with van der Waals surface area (Å²) >= 11 is 0. The Kier molecular flexibility index (Phi) is 18.4. The second kappa shape index (κ2) is 19.4. The first-order valence-corrected chi connectivity index (χ1v) is 12.2. The highest BCUT2D eigenvalue weighted by atomic mass is 16.2. The minimum atomic E-state index is -0.718. The average Bonchev–Trinajstić information content (AvgIpc) is 2.70. The van der Waals surface area contributed by atoms with Gasteiger partial charge in [-0.25, -0.2) is 0 Å².